The lowest BCUT2D eigenvalue weighted by Crippen LogP contribution is -2.21. The second-order valence-corrected chi connectivity index (χ2v) is 7.32. The second-order valence-electron chi connectivity index (χ2n) is 6.46. The van der Waals surface area contributed by atoms with Crippen LogP contribution in [0.4, 0.5) is 5.69 Å². The zero-order valence-electron chi connectivity index (χ0n) is 15.8. The minimum absolute atomic E-state index is 0.203. The highest BCUT2D eigenvalue weighted by molar-refractivity contribution is 7.13. The molecule has 0 radical (unpaired) electrons. The third kappa shape index (κ3) is 5.04. The average molecular weight is 394 g/mol. The molecule has 6 heteroatoms. The van der Waals surface area contributed by atoms with Crippen LogP contribution in [0.25, 0.3) is 10.6 Å². The number of hydrogen-bond acceptors (Lipinski definition) is 5. The van der Waals surface area contributed by atoms with E-state index in [4.69, 9.17) is 4.74 Å². The molecule has 1 heterocycles. The van der Waals surface area contributed by atoms with Crippen molar-refractivity contribution in [3.05, 3.63) is 71.2 Å². The largest absolute Gasteiger partial charge is 0.451 e. The highest BCUT2D eigenvalue weighted by Gasteiger charge is 2.15. The molecule has 5 nitrogen and oxygen atoms in total. The number of amides is 1. The van der Waals surface area contributed by atoms with Gasteiger partial charge < -0.3 is 10.1 Å². The molecule has 0 saturated heterocycles. The van der Waals surface area contributed by atoms with Crippen LogP contribution in [-0.2, 0) is 9.53 Å². The summed E-state index contributed by atoms with van der Waals surface area (Å²) in [7, 11) is 0. The first-order chi connectivity index (χ1) is 13.6. The van der Waals surface area contributed by atoms with Crippen molar-refractivity contribution < 1.29 is 14.3 Å². The highest BCUT2D eigenvalue weighted by Crippen LogP contribution is 2.23. The van der Waals surface area contributed by atoms with E-state index in [0.717, 1.165) is 17.0 Å². The van der Waals surface area contributed by atoms with Gasteiger partial charge in [0, 0.05) is 16.6 Å². The predicted molar refractivity (Wildman–Crippen MR) is 112 cm³/mol. The Bertz CT molecular complexity index is 936. The molecular weight excluding hydrogens is 372 g/mol. The number of aromatic nitrogens is 1. The van der Waals surface area contributed by atoms with Gasteiger partial charge in [0.25, 0.3) is 5.91 Å². The lowest BCUT2D eigenvalue weighted by atomic mass is 9.99. The van der Waals surface area contributed by atoms with Crippen LogP contribution >= 0.6 is 11.3 Å². The molecule has 0 bridgehead atoms. The lowest BCUT2D eigenvalue weighted by Gasteiger charge is -2.10. The molecule has 1 N–H and O–H groups in total. The Morgan fingerprint density at radius 2 is 1.82 bits per heavy atom. The van der Waals surface area contributed by atoms with Gasteiger partial charge in [-0.05, 0) is 30.0 Å². The number of carbonyl (C=O) groups excluding carboxylic acids is 2. The van der Waals surface area contributed by atoms with Gasteiger partial charge >= 0.3 is 5.97 Å². The number of nitrogens with one attached hydrogen (secondary N) is 1. The average Bonchev–Trinajstić information content (AvgIpc) is 3.23. The van der Waals surface area contributed by atoms with Gasteiger partial charge in [-0.3, -0.25) is 4.79 Å². The standard InChI is InChI=1S/C22H22N2O3S/c1-3-15(2)16-9-11-18(12-10-16)23-20(25)13-27-22(26)19-14-28-21(24-19)17-7-5-4-6-8-17/h4-12,14-15H,3,13H2,1-2H3,(H,23,25)/t15-/m0/s1. The quantitative estimate of drug-likeness (QED) is 0.565. The van der Waals surface area contributed by atoms with E-state index >= 15 is 0 Å². The molecule has 0 aliphatic heterocycles. The third-order valence-electron chi connectivity index (χ3n) is 4.44. The fourth-order valence-corrected chi connectivity index (χ4v) is 3.41. The van der Waals surface area contributed by atoms with Crippen LogP contribution in [0.15, 0.2) is 60.0 Å². The molecule has 2 aromatic carbocycles. The molecule has 3 rings (SSSR count). The summed E-state index contributed by atoms with van der Waals surface area (Å²) >= 11 is 1.36. The van der Waals surface area contributed by atoms with E-state index in [2.05, 4.69) is 24.1 Å². The van der Waals surface area contributed by atoms with E-state index in [1.54, 1.807) is 5.38 Å². The van der Waals surface area contributed by atoms with Crippen LogP contribution in [0.2, 0.25) is 0 Å². The maximum atomic E-state index is 12.1. The first-order valence-electron chi connectivity index (χ1n) is 9.14. The molecule has 1 amide bonds. The summed E-state index contributed by atoms with van der Waals surface area (Å²) in [5.74, 6) is -0.520. The minimum atomic E-state index is -0.610. The number of carbonyl (C=O) groups is 2. The molecule has 0 spiro atoms. The van der Waals surface area contributed by atoms with Gasteiger partial charge in [0.1, 0.15) is 5.01 Å². The Morgan fingerprint density at radius 1 is 1.11 bits per heavy atom. The summed E-state index contributed by atoms with van der Waals surface area (Å²) in [6, 6.07) is 17.3. The van der Waals surface area contributed by atoms with Crippen molar-refractivity contribution >= 4 is 28.9 Å². The van der Waals surface area contributed by atoms with E-state index in [9.17, 15) is 9.59 Å². The van der Waals surface area contributed by atoms with Crippen molar-refractivity contribution in [3.8, 4) is 10.6 Å². The third-order valence-corrected chi connectivity index (χ3v) is 5.34. The minimum Gasteiger partial charge on any atom is -0.451 e. The zero-order valence-corrected chi connectivity index (χ0v) is 16.7. The number of ether oxygens (including phenoxy) is 1. The van der Waals surface area contributed by atoms with Crippen LogP contribution in [0.3, 0.4) is 0 Å². The zero-order chi connectivity index (χ0) is 19.9. The summed E-state index contributed by atoms with van der Waals surface area (Å²) < 4.78 is 5.08. The van der Waals surface area contributed by atoms with Gasteiger partial charge in [-0.25, -0.2) is 9.78 Å². The highest BCUT2D eigenvalue weighted by atomic mass is 32.1. The van der Waals surface area contributed by atoms with Gasteiger partial charge in [0.15, 0.2) is 12.3 Å². The van der Waals surface area contributed by atoms with Gasteiger partial charge in [0.05, 0.1) is 0 Å². The first-order valence-corrected chi connectivity index (χ1v) is 10.0. The van der Waals surface area contributed by atoms with E-state index < -0.39 is 5.97 Å². The van der Waals surface area contributed by atoms with E-state index in [-0.39, 0.29) is 18.2 Å². The molecule has 3 aromatic rings. The van der Waals surface area contributed by atoms with Crippen molar-refractivity contribution in [3.63, 3.8) is 0 Å². The summed E-state index contributed by atoms with van der Waals surface area (Å²) in [5.41, 5.74) is 3.04. The second kappa shape index (κ2) is 9.28. The molecule has 0 fully saturated rings. The lowest BCUT2D eigenvalue weighted by molar-refractivity contribution is -0.119. The van der Waals surface area contributed by atoms with Crippen LogP contribution in [-0.4, -0.2) is 23.5 Å². The van der Waals surface area contributed by atoms with E-state index in [1.165, 1.54) is 16.9 Å². The maximum Gasteiger partial charge on any atom is 0.358 e. The molecule has 1 atom stereocenters. The summed E-state index contributed by atoms with van der Waals surface area (Å²) in [6.07, 6.45) is 1.06. The van der Waals surface area contributed by atoms with Crippen LogP contribution in [0.5, 0.6) is 0 Å². The monoisotopic (exact) mass is 394 g/mol. The van der Waals surface area contributed by atoms with Gasteiger partial charge in [-0.15, -0.1) is 11.3 Å². The van der Waals surface area contributed by atoms with Gasteiger partial charge in [-0.2, -0.15) is 0 Å². The summed E-state index contributed by atoms with van der Waals surface area (Å²) in [6.45, 7) is 3.94. The number of hydrogen-bond donors (Lipinski definition) is 1. The van der Waals surface area contributed by atoms with Crippen molar-refractivity contribution in [1.82, 2.24) is 4.98 Å². The maximum absolute atomic E-state index is 12.1. The fraction of sp³-hybridized carbons (Fsp3) is 0.227. The van der Waals surface area contributed by atoms with Crippen molar-refractivity contribution in [1.29, 1.82) is 0 Å². The van der Waals surface area contributed by atoms with Crippen molar-refractivity contribution in [2.45, 2.75) is 26.2 Å². The Hall–Kier alpha value is -2.99. The summed E-state index contributed by atoms with van der Waals surface area (Å²) in [4.78, 5) is 28.5. The first kappa shape index (κ1) is 19.8. The molecule has 144 valence electrons. The Kier molecular flexibility index (Phi) is 6.55. The SMILES string of the molecule is CC[C@H](C)c1ccc(NC(=O)COC(=O)c2csc(-c3ccccc3)n2)cc1. The van der Waals surface area contributed by atoms with Gasteiger partial charge in [-0.1, -0.05) is 56.3 Å². The molecule has 1 aromatic heterocycles. The smallest absolute Gasteiger partial charge is 0.358 e. The molecule has 0 aliphatic carbocycles. The Labute approximate surface area is 168 Å². The Balaban J connectivity index is 1.52. The number of nitrogens with zero attached hydrogens (tertiary/aromatic N) is 1. The number of anilines is 1. The molecule has 0 aliphatic rings. The molecule has 0 unspecified atom stereocenters. The number of benzene rings is 2. The number of rotatable bonds is 7. The molecular formula is C22H22N2O3S. The number of esters is 1. The topological polar surface area (TPSA) is 68.3 Å². The number of thiazole rings is 1. The van der Waals surface area contributed by atoms with Crippen LogP contribution < -0.4 is 5.32 Å². The fourth-order valence-electron chi connectivity index (χ4n) is 2.61. The van der Waals surface area contributed by atoms with Gasteiger partial charge in [0.2, 0.25) is 0 Å². The van der Waals surface area contributed by atoms with Crippen molar-refractivity contribution in [2.75, 3.05) is 11.9 Å². The normalized spacial score (nSPS) is 11.6. The van der Waals surface area contributed by atoms with E-state index in [0.29, 0.717) is 11.6 Å². The van der Waals surface area contributed by atoms with E-state index in [1.807, 2.05) is 54.6 Å². The molecule has 0 saturated carbocycles. The molecule has 28 heavy (non-hydrogen) atoms. The van der Waals surface area contributed by atoms with Crippen LogP contribution in [0.1, 0.15) is 42.2 Å². The predicted octanol–water partition coefficient (Wildman–Crippen LogP) is 5.12. The summed E-state index contributed by atoms with van der Waals surface area (Å²) in [5, 5.41) is 5.10. The van der Waals surface area contributed by atoms with Crippen LogP contribution in [0, 0.1) is 0 Å². The Morgan fingerprint density at radius 3 is 2.50 bits per heavy atom. The van der Waals surface area contributed by atoms with Crippen molar-refractivity contribution in [2.24, 2.45) is 0 Å².